The van der Waals surface area contributed by atoms with Crippen molar-refractivity contribution in [2.45, 2.75) is 0 Å². The Morgan fingerprint density at radius 1 is 1.05 bits per heavy atom. The number of nitro groups is 1. The molecule has 0 saturated carbocycles. The molecule has 0 spiro atoms. The number of rotatable bonds is 8. The van der Waals surface area contributed by atoms with Crippen molar-refractivity contribution in [3.8, 4) is 22.6 Å². The van der Waals surface area contributed by atoms with Crippen molar-refractivity contribution >= 4 is 62.2 Å². The summed E-state index contributed by atoms with van der Waals surface area (Å²) in [5.74, 6) is -0.473. The topological polar surface area (TPSA) is 136 Å². The van der Waals surface area contributed by atoms with Crippen molar-refractivity contribution in [1.82, 2.24) is 10.4 Å². The number of hydrazone groups is 1. The largest absolute Gasteiger partial charge is 0.497 e. The van der Waals surface area contributed by atoms with Crippen LogP contribution in [-0.4, -0.2) is 35.1 Å². The van der Waals surface area contributed by atoms with Crippen molar-refractivity contribution in [3.63, 3.8) is 0 Å². The average Bonchev–Trinajstić information content (AvgIpc) is 3.37. The van der Waals surface area contributed by atoms with E-state index < -0.39 is 16.8 Å². The zero-order valence-corrected chi connectivity index (χ0v) is 24.1. The number of carbonyl (C=O) groups is 2. The maximum atomic E-state index is 13.4. The molecule has 1 aromatic heterocycles. The van der Waals surface area contributed by atoms with E-state index in [-0.39, 0.29) is 22.7 Å². The summed E-state index contributed by atoms with van der Waals surface area (Å²) in [6, 6.07) is 22.5. The summed E-state index contributed by atoms with van der Waals surface area (Å²) in [7, 11) is 1.56. The molecule has 12 heteroatoms. The van der Waals surface area contributed by atoms with Gasteiger partial charge in [-0.3, -0.25) is 14.9 Å². The molecular formula is C30H20BrClN4O6. The summed E-state index contributed by atoms with van der Waals surface area (Å²) in [6.45, 7) is 0. The van der Waals surface area contributed by atoms with Crippen LogP contribution in [0.1, 0.15) is 26.4 Å². The minimum atomic E-state index is -0.719. The number of methoxy groups -OCH3 is 1. The SMILES string of the molecule is COc1ccc2[nH]c(C(=O)NN=Cc3cc(Br)ccc3OC(=O)c3ccc([N+](=O)[O-])cc3)c(-c3ccccc3Cl)c2c1. The molecule has 0 saturated heterocycles. The molecule has 1 heterocycles. The third-order valence-electron chi connectivity index (χ3n) is 6.23. The van der Waals surface area contributed by atoms with Gasteiger partial charge in [0.15, 0.2) is 0 Å². The molecule has 0 aliphatic carbocycles. The lowest BCUT2D eigenvalue weighted by molar-refractivity contribution is -0.384. The van der Waals surface area contributed by atoms with Gasteiger partial charge in [0, 0.05) is 49.2 Å². The van der Waals surface area contributed by atoms with Crippen LogP contribution in [-0.2, 0) is 0 Å². The number of hydrogen-bond acceptors (Lipinski definition) is 7. The number of hydrogen-bond donors (Lipinski definition) is 2. The van der Waals surface area contributed by atoms with E-state index in [1.54, 1.807) is 43.5 Å². The molecule has 210 valence electrons. The third kappa shape index (κ3) is 6.02. The lowest BCUT2D eigenvalue weighted by Crippen LogP contribution is -2.19. The number of H-pyrrole nitrogens is 1. The normalized spacial score (nSPS) is 11.0. The van der Waals surface area contributed by atoms with Gasteiger partial charge in [-0.2, -0.15) is 5.10 Å². The number of nitrogens with one attached hydrogen (secondary N) is 2. The smallest absolute Gasteiger partial charge is 0.343 e. The van der Waals surface area contributed by atoms with E-state index in [4.69, 9.17) is 21.1 Å². The number of fused-ring (bicyclic) bond motifs is 1. The second-order valence-electron chi connectivity index (χ2n) is 8.84. The average molecular weight is 648 g/mol. The first-order valence-corrected chi connectivity index (χ1v) is 13.5. The molecule has 0 fully saturated rings. The van der Waals surface area contributed by atoms with Crippen LogP contribution in [0.3, 0.4) is 0 Å². The van der Waals surface area contributed by atoms with Crippen LogP contribution < -0.4 is 14.9 Å². The molecule has 5 rings (SSSR count). The Labute approximate surface area is 252 Å². The standard InChI is InChI=1S/C30H20BrClN4O6/c1-41-21-11-12-25-23(15-21)27(22-4-2-3-5-24(22)32)28(34-25)29(37)35-33-16-18-14-19(31)8-13-26(18)42-30(38)17-6-9-20(10-7-17)36(39)40/h2-16,34H,1H3,(H,35,37). The zero-order chi connectivity index (χ0) is 29.8. The zero-order valence-electron chi connectivity index (χ0n) is 21.8. The van der Waals surface area contributed by atoms with Crippen LogP contribution in [0.2, 0.25) is 5.02 Å². The number of nitro benzene ring substituents is 1. The van der Waals surface area contributed by atoms with Crippen LogP contribution >= 0.6 is 27.5 Å². The molecule has 0 unspecified atom stereocenters. The molecule has 2 N–H and O–H groups in total. The molecule has 0 aliphatic rings. The van der Waals surface area contributed by atoms with Gasteiger partial charge < -0.3 is 14.5 Å². The van der Waals surface area contributed by atoms with E-state index in [2.05, 4.69) is 31.4 Å². The lowest BCUT2D eigenvalue weighted by Gasteiger charge is -2.09. The number of benzene rings is 4. The monoisotopic (exact) mass is 646 g/mol. The quantitative estimate of drug-likeness (QED) is 0.0604. The van der Waals surface area contributed by atoms with Gasteiger partial charge in [0.1, 0.15) is 17.2 Å². The molecule has 4 aromatic carbocycles. The number of halogens is 2. The molecule has 5 aromatic rings. The van der Waals surface area contributed by atoms with Crippen LogP contribution in [0, 0.1) is 10.1 Å². The predicted molar refractivity (Wildman–Crippen MR) is 163 cm³/mol. The van der Waals surface area contributed by atoms with E-state index in [0.29, 0.717) is 37.5 Å². The van der Waals surface area contributed by atoms with Crippen molar-refractivity contribution in [3.05, 3.63) is 121 Å². The fourth-order valence-corrected chi connectivity index (χ4v) is 4.83. The third-order valence-corrected chi connectivity index (χ3v) is 7.06. The Balaban J connectivity index is 1.41. The maximum Gasteiger partial charge on any atom is 0.343 e. The summed E-state index contributed by atoms with van der Waals surface area (Å²) in [5.41, 5.74) is 5.06. The minimum absolute atomic E-state index is 0.127. The van der Waals surface area contributed by atoms with Gasteiger partial charge in [0.25, 0.3) is 11.6 Å². The minimum Gasteiger partial charge on any atom is -0.497 e. The molecular weight excluding hydrogens is 628 g/mol. The van der Waals surface area contributed by atoms with Crippen LogP contribution in [0.4, 0.5) is 5.69 Å². The van der Waals surface area contributed by atoms with Crippen molar-refractivity contribution in [1.29, 1.82) is 0 Å². The van der Waals surface area contributed by atoms with Crippen molar-refractivity contribution in [2.75, 3.05) is 7.11 Å². The Morgan fingerprint density at radius 3 is 2.52 bits per heavy atom. The van der Waals surface area contributed by atoms with Gasteiger partial charge in [-0.05, 0) is 54.6 Å². The molecule has 42 heavy (non-hydrogen) atoms. The maximum absolute atomic E-state index is 13.4. The van der Waals surface area contributed by atoms with Crippen LogP contribution in [0.5, 0.6) is 11.5 Å². The van der Waals surface area contributed by atoms with E-state index in [9.17, 15) is 19.7 Å². The fourth-order valence-electron chi connectivity index (χ4n) is 4.22. The summed E-state index contributed by atoms with van der Waals surface area (Å²) >= 11 is 9.89. The number of nitrogens with zero attached hydrogens (tertiary/aromatic N) is 2. The lowest BCUT2D eigenvalue weighted by atomic mass is 10.0. The Hall–Kier alpha value is -5.00. The van der Waals surface area contributed by atoms with Crippen LogP contribution in [0.25, 0.3) is 22.0 Å². The Morgan fingerprint density at radius 2 is 1.81 bits per heavy atom. The number of non-ortho nitro benzene ring substituents is 1. The van der Waals surface area contributed by atoms with Gasteiger partial charge in [0.05, 0.1) is 23.8 Å². The van der Waals surface area contributed by atoms with E-state index >= 15 is 0 Å². The Bertz CT molecular complexity index is 1870. The van der Waals surface area contributed by atoms with Gasteiger partial charge in [-0.15, -0.1) is 0 Å². The number of esters is 1. The predicted octanol–water partition coefficient (Wildman–Crippen LogP) is 7.15. The summed E-state index contributed by atoms with van der Waals surface area (Å²) < 4.78 is 11.6. The molecule has 0 aliphatic heterocycles. The van der Waals surface area contributed by atoms with Gasteiger partial charge >= 0.3 is 5.97 Å². The second kappa shape index (κ2) is 12.2. The highest BCUT2D eigenvalue weighted by Crippen LogP contribution is 2.38. The first-order chi connectivity index (χ1) is 20.2. The van der Waals surface area contributed by atoms with E-state index in [1.165, 1.54) is 30.5 Å². The van der Waals surface area contributed by atoms with Crippen LogP contribution in [0.15, 0.2) is 94.5 Å². The summed E-state index contributed by atoms with van der Waals surface area (Å²) in [4.78, 5) is 39.6. The summed E-state index contributed by atoms with van der Waals surface area (Å²) in [6.07, 6.45) is 1.34. The molecule has 0 radical (unpaired) electrons. The highest BCUT2D eigenvalue weighted by Gasteiger charge is 2.21. The van der Waals surface area contributed by atoms with E-state index in [1.807, 2.05) is 24.3 Å². The molecule has 1 amide bonds. The number of aromatic nitrogens is 1. The van der Waals surface area contributed by atoms with Gasteiger partial charge in [0.2, 0.25) is 0 Å². The Kier molecular flexibility index (Phi) is 8.32. The number of amides is 1. The fraction of sp³-hybridized carbons (Fsp3) is 0.0333. The van der Waals surface area contributed by atoms with E-state index in [0.717, 1.165) is 5.39 Å². The van der Waals surface area contributed by atoms with Gasteiger partial charge in [-0.25, -0.2) is 10.2 Å². The molecule has 10 nitrogen and oxygen atoms in total. The molecule has 0 bridgehead atoms. The number of carbonyl (C=O) groups excluding carboxylic acids is 2. The van der Waals surface area contributed by atoms with Crippen molar-refractivity contribution < 1.29 is 24.0 Å². The second-order valence-corrected chi connectivity index (χ2v) is 10.2. The first kappa shape index (κ1) is 28.5. The highest BCUT2D eigenvalue weighted by atomic mass is 79.9. The summed E-state index contributed by atoms with van der Waals surface area (Å²) in [5, 5.41) is 16.2. The number of aromatic amines is 1. The van der Waals surface area contributed by atoms with Gasteiger partial charge in [-0.1, -0.05) is 45.7 Å². The molecule has 0 atom stereocenters. The first-order valence-electron chi connectivity index (χ1n) is 12.3. The van der Waals surface area contributed by atoms with Crippen molar-refractivity contribution in [2.24, 2.45) is 5.10 Å². The number of ether oxygens (including phenoxy) is 2. The highest BCUT2D eigenvalue weighted by molar-refractivity contribution is 9.10.